The lowest BCUT2D eigenvalue weighted by molar-refractivity contribution is 0.0945. The molecule has 6 aromatic carbocycles. The molecule has 5 aromatic heterocycles. The monoisotopic (exact) mass is 1290 g/mol. The van der Waals surface area contributed by atoms with Gasteiger partial charge in [0.25, 0.3) is 17.1 Å². The van der Waals surface area contributed by atoms with E-state index in [-0.39, 0.29) is 45.7 Å². The van der Waals surface area contributed by atoms with E-state index in [4.69, 9.17) is 61.4 Å². The van der Waals surface area contributed by atoms with Crippen molar-refractivity contribution in [2.75, 3.05) is 19.6 Å². The molecule has 19 nitrogen and oxygen atoms in total. The molecular formula is C66H61Cl3F3N15O4. The lowest BCUT2D eigenvalue weighted by Gasteiger charge is -2.14. The van der Waals surface area contributed by atoms with E-state index in [0.717, 1.165) is 55.2 Å². The fourth-order valence-corrected chi connectivity index (χ4v) is 9.33. The molecule has 11 aromatic rings. The highest BCUT2D eigenvalue weighted by Crippen LogP contribution is 2.32. The molecule has 91 heavy (non-hydrogen) atoms. The predicted octanol–water partition coefficient (Wildman–Crippen LogP) is 13.2. The maximum atomic E-state index is 13.4. The Morgan fingerprint density at radius 3 is 1.36 bits per heavy atom. The number of allylic oxidation sites excluding steroid dienone is 1. The van der Waals surface area contributed by atoms with Crippen molar-refractivity contribution in [1.82, 2.24) is 60.9 Å². The second kappa shape index (κ2) is 33.0. The molecule has 0 aliphatic carbocycles. The Balaban J connectivity index is 0.000000167. The average molecular weight is 1290 g/mol. The van der Waals surface area contributed by atoms with Gasteiger partial charge in [0.15, 0.2) is 10.3 Å². The Morgan fingerprint density at radius 2 is 0.978 bits per heavy atom. The number of halogens is 6. The molecule has 9 N–H and O–H groups in total. The number of rotatable bonds is 20. The minimum absolute atomic E-state index is 0.104. The van der Waals surface area contributed by atoms with E-state index in [1.807, 2.05) is 26.2 Å². The van der Waals surface area contributed by atoms with Crippen molar-refractivity contribution in [3.8, 4) is 39.7 Å². The predicted molar refractivity (Wildman–Crippen MR) is 349 cm³/mol. The quantitative estimate of drug-likeness (QED) is 0.0212. The van der Waals surface area contributed by atoms with Gasteiger partial charge in [-0.15, -0.1) is 0 Å². The highest BCUT2D eigenvalue weighted by atomic mass is 35.5. The van der Waals surface area contributed by atoms with Crippen molar-refractivity contribution in [3.05, 3.63) is 220 Å². The lowest BCUT2D eigenvalue weighted by Crippen LogP contribution is -2.24. The van der Waals surface area contributed by atoms with Gasteiger partial charge >= 0.3 is 0 Å². The minimum Gasteiger partial charge on any atom is -0.473 e. The van der Waals surface area contributed by atoms with E-state index < -0.39 is 5.24 Å². The third-order valence-electron chi connectivity index (χ3n) is 13.4. The number of benzene rings is 6. The summed E-state index contributed by atoms with van der Waals surface area (Å²) in [5, 5.41) is 25.9. The molecule has 0 saturated carbocycles. The summed E-state index contributed by atoms with van der Waals surface area (Å²) in [6.07, 6.45) is 14.8. The van der Waals surface area contributed by atoms with E-state index in [1.165, 1.54) is 48.8 Å². The van der Waals surface area contributed by atoms with E-state index in [1.54, 1.807) is 103 Å². The summed E-state index contributed by atoms with van der Waals surface area (Å²) in [6.45, 7) is 5.57. The summed E-state index contributed by atoms with van der Waals surface area (Å²) >= 11 is 17.8. The summed E-state index contributed by atoms with van der Waals surface area (Å²) in [5.41, 5.74) is 21.5. The zero-order valence-electron chi connectivity index (χ0n) is 49.2. The van der Waals surface area contributed by atoms with Crippen LogP contribution in [0.15, 0.2) is 164 Å². The fourth-order valence-electron chi connectivity index (χ4n) is 8.72. The second-order valence-electron chi connectivity index (χ2n) is 20.4. The van der Waals surface area contributed by atoms with E-state index in [2.05, 4.69) is 55.9 Å². The number of aromatic nitrogens is 10. The van der Waals surface area contributed by atoms with E-state index >= 15 is 0 Å². The number of hydrogen-bond acceptors (Lipinski definition) is 15. The zero-order valence-corrected chi connectivity index (χ0v) is 51.4. The Hall–Kier alpha value is -10.0. The van der Waals surface area contributed by atoms with Gasteiger partial charge in [-0.2, -0.15) is 10.2 Å². The fraction of sp³-hybridized carbons (Fsp3) is 0.182. The van der Waals surface area contributed by atoms with Crippen molar-refractivity contribution < 1.29 is 32.3 Å². The molecule has 0 spiro atoms. The van der Waals surface area contributed by atoms with Crippen molar-refractivity contribution >= 4 is 91.2 Å². The number of fused-ring (bicyclic) bond motifs is 3. The van der Waals surface area contributed by atoms with Gasteiger partial charge in [0.05, 0.1) is 51.6 Å². The topological polar surface area (TPSA) is 295 Å². The SMILES string of the molecule is CC(C)Oc1nc2ccc(C(=O)NCCCc3cn[nH]c3)cc2nc1-c1ccc(F)cc1.N=C/C(=C\N)CCCN.O=C(Cl)c1ccc2nc(Cl)c(-c3ccc(F)cc3)nc2c1.O=C(NCCCc1cn[nH]c1)c1ccc2nc(Cl)c(-c3ccc(F)cc3)nc2c1. The molecule has 0 unspecified atom stereocenters. The maximum absolute atomic E-state index is 13.4. The highest BCUT2D eigenvalue weighted by Gasteiger charge is 2.18. The van der Waals surface area contributed by atoms with Gasteiger partial charge < -0.3 is 32.2 Å². The molecular weight excluding hydrogens is 1230 g/mol. The molecule has 0 fully saturated rings. The minimum atomic E-state index is -0.572. The molecule has 0 bridgehead atoms. The number of aromatic amines is 2. The van der Waals surface area contributed by atoms with Crippen molar-refractivity contribution in [1.29, 1.82) is 5.41 Å². The first kappa shape index (κ1) is 66.9. The molecule has 466 valence electrons. The van der Waals surface area contributed by atoms with Crippen LogP contribution in [-0.4, -0.2) is 99.3 Å². The van der Waals surface area contributed by atoms with Crippen molar-refractivity contribution in [2.24, 2.45) is 11.5 Å². The molecule has 11 rings (SSSR count). The third-order valence-corrected chi connectivity index (χ3v) is 14.1. The highest BCUT2D eigenvalue weighted by molar-refractivity contribution is 6.67. The lowest BCUT2D eigenvalue weighted by atomic mass is 10.1. The van der Waals surface area contributed by atoms with Gasteiger partial charge in [-0.25, -0.2) is 43.1 Å². The first-order valence-corrected chi connectivity index (χ1v) is 29.7. The number of nitrogens with zero attached hydrogens (tertiary/aromatic N) is 8. The molecule has 5 heterocycles. The number of nitrogens with two attached hydrogens (primary N) is 2. The summed E-state index contributed by atoms with van der Waals surface area (Å²) in [5.74, 6) is -1.01. The number of nitrogens with one attached hydrogen (secondary N) is 5. The van der Waals surface area contributed by atoms with Crippen LogP contribution < -0.4 is 26.8 Å². The number of amides is 2. The Labute approximate surface area is 535 Å². The van der Waals surface area contributed by atoms with Gasteiger partial charge in [0, 0.05) is 65.1 Å². The maximum Gasteiger partial charge on any atom is 0.252 e. The number of carbonyl (C=O) groups is 3. The molecule has 0 aliphatic heterocycles. The molecule has 0 atom stereocenters. The van der Waals surface area contributed by atoms with Crippen LogP contribution in [0, 0.1) is 22.9 Å². The average Bonchev–Trinajstić information content (AvgIpc) is 1.92. The molecule has 25 heteroatoms. The number of hydrogen-bond donors (Lipinski definition) is 7. The van der Waals surface area contributed by atoms with Crippen LogP contribution in [0.5, 0.6) is 5.88 Å². The second-order valence-corrected chi connectivity index (χ2v) is 21.4. The molecule has 0 radical (unpaired) electrons. The standard InChI is InChI=1S/C24H24FN5O2.C21H17ClFN5O.C15H7Cl2FN2O.C6H13N3/c1-15(2)32-24-22(17-5-8-19(25)9-6-17)29-21-12-18(7-10-20(21)30-24)23(31)26-11-3-4-16-13-27-28-14-16;22-20-19(14-3-6-16(23)7-4-14)27-18-10-15(5-8-17(18)28-20)21(29)24-9-1-2-13-11-25-26-12-13;16-14-13(8-1-4-10(18)5-2-8)19-12-7-9(15(17)21)3-6-11(12)20-14;7-3-1-2-6(4-8)5-9/h5-10,12-15H,3-4,11H2,1-2H3,(H,26,31)(H,27,28);3-8,10-12H,1-2,9H2,(H,24,29)(H,25,26);1-7H;4-5,8H,1-3,7,9H2/b;;;6-5-,8-4?. The number of ether oxygens (including phenoxy) is 1. The van der Waals surface area contributed by atoms with Crippen LogP contribution in [0.3, 0.4) is 0 Å². The summed E-state index contributed by atoms with van der Waals surface area (Å²) in [7, 11) is 0. The Bertz CT molecular complexity index is 4300. The first-order chi connectivity index (χ1) is 44.0. The Kier molecular flexibility index (Phi) is 24.3. The number of aryl methyl sites for hydroxylation is 2. The van der Waals surface area contributed by atoms with Crippen LogP contribution in [0.25, 0.3) is 66.9 Å². The van der Waals surface area contributed by atoms with E-state index in [0.29, 0.717) is 109 Å². The van der Waals surface area contributed by atoms with Gasteiger partial charge in [0.2, 0.25) is 5.88 Å². The van der Waals surface area contributed by atoms with Gasteiger partial charge in [-0.1, -0.05) is 23.2 Å². The van der Waals surface area contributed by atoms with Crippen molar-refractivity contribution in [2.45, 2.75) is 58.5 Å². The summed E-state index contributed by atoms with van der Waals surface area (Å²) < 4.78 is 45.4. The first-order valence-electron chi connectivity index (χ1n) is 28.5. The largest absolute Gasteiger partial charge is 0.473 e. The van der Waals surface area contributed by atoms with Crippen LogP contribution in [0.2, 0.25) is 10.3 Å². The van der Waals surface area contributed by atoms with Crippen LogP contribution >= 0.6 is 34.8 Å². The molecule has 0 aliphatic rings. The molecule has 2 amide bonds. The van der Waals surface area contributed by atoms with E-state index in [9.17, 15) is 27.6 Å². The normalized spacial score (nSPS) is 11.0. The van der Waals surface area contributed by atoms with Gasteiger partial charge in [-0.3, -0.25) is 24.6 Å². The van der Waals surface area contributed by atoms with Crippen LogP contribution in [0.4, 0.5) is 13.2 Å². The summed E-state index contributed by atoms with van der Waals surface area (Å²) in [6, 6.07) is 32.6. The van der Waals surface area contributed by atoms with Gasteiger partial charge in [-0.05, 0) is 221 Å². The van der Waals surface area contributed by atoms with Crippen LogP contribution in [0.1, 0.15) is 81.7 Å². The zero-order chi connectivity index (χ0) is 64.8. The van der Waals surface area contributed by atoms with Crippen molar-refractivity contribution in [3.63, 3.8) is 0 Å². The van der Waals surface area contributed by atoms with Crippen LogP contribution in [-0.2, 0) is 12.8 Å². The third kappa shape index (κ3) is 19.3. The Morgan fingerprint density at radius 1 is 0.571 bits per heavy atom. The number of carbonyl (C=O) groups excluding carboxylic acids is 3. The molecule has 0 saturated heterocycles. The smallest absolute Gasteiger partial charge is 0.252 e. The summed E-state index contributed by atoms with van der Waals surface area (Å²) in [4.78, 5) is 63.1. The van der Waals surface area contributed by atoms with Gasteiger partial charge in [0.1, 0.15) is 34.5 Å². The number of H-pyrrole nitrogens is 2.